The minimum absolute atomic E-state index is 0.0123. The second-order valence-corrected chi connectivity index (χ2v) is 8.89. The summed E-state index contributed by atoms with van der Waals surface area (Å²) in [6.07, 6.45) is 0. The van der Waals surface area contributed by atoms with Crippen molar-refractivity contribution in [1.29, 1.82) is 0 Å². The van der Waals surface area contributed by atoms with Gasteiger partial charge in [0.05, 0.1) is 35.8 Å². The van der Waals surface area contributed by atoms with Crippen molar-refractivity contribution >= 4 is 38.8 Å². The maximum atomic E-state index is 14.3. The van der Waals surface area contributed by atoms with Crippen molar-refractivity contribution in [3.05, 3.63) is 29.8 Å². The summed E-state index contributed by atoms with van der Waals surface area (Å²) >= 11 is 5.40. The van der Waals surface area contributed by atoms with Gasteiger partial charge >= 0.3 is 0 Å². The highest BCUT2D eigenvalue weighted by atomic mass is 32.2. The molecule has 25 heavy (non-hydrogen) atoms. The van der Waals surface area contributed by atoms with Gasteiger partial charge < -0.3 is 14.7 Å². The molecular weight excluding hydrogens is 372 g/mol. The van der Waals surface area contributed by atoms with Gasteiger partial charge in [-0.15, -0.1) is 0 Å². The lowest BCUT2D eigenvalue weighted by atomic mass is 10.1. The number of thiocarbonyl (C=S) groups is 1. The Morgan fingerprint density at radius 1 is 1.28 bits per heavy atom. The molecule has 2 fully saturated rings. The lowest BCUT2D eigenvalue weighted by Gasteiger charge is -2.26. The SMILES string of the molecule is CN(C)C(=O)CN1C(=S)N(c2ccc(F)cc2F)C2CS(=O)(=O)CC21. The molecule has 2 aliphatic rings. The number of fused-ring (bicyclic) bond motifs is 1. The van der Waals surface area contributed by atoms with Crippen LogP contribution < -0.4 is 4.90 Å². The highest BCUT2D eigenvalue weighted by Crippen LogP contribution is 2.36. The fourth-order valence-corrected chi connectivity index (χ4v) is 5.59. The van der Waals surface area contributed by atoms with E-state index in [1.165, 1.54) is 20.8 Å². The summed E-state index contributed by atoms with van der Waals surface area (Å²) in [6, 6.07) is 1.91. The van der Waals surface area contributed by atoms with Gasteiger partial charge in [-0.25, -0.2) is 17.2 Å². The van der Waals surface area contributed by atoms with Crippen LogP contribution in [0, 0.1) is 11.6 Å². The average Bonchev–Trinajstić information content (AvgIpc) is 2.92. The highest BCUT2D eigenvalue weighted by Gasteiger charge is 2.53. The van der Waals surface area contributed by atoms with Crippen LogP contribution in [0.3, 0.4) is 0 Å². The third-order valence-corrected chi connectivity index (χ3v) is 6.58. The maximum absolute atomic E-state index is 14.3. The van der Waals surface area contributed by atoms with Gasteiger partial charge in [-0.3, -0.25) is 4.79 Å². The molecule has 0 saturated carbocycles. The van der Waals surface area contributed by atoms with Crippen LogP contribution in [0.25, 0.3) is 0 Å². The molecule has 1 aromatic carbocycles. The van der Waals surface area contributed by atoms with Crippen LogP contribution in [0.15, 0.2) is 18.2 Å². The van der Waals surface area contributed by atoms with Gasteiger partial charge in [-0.05, 0) is 24.4 Å². The van der Waals surface area contributed by atoms with Crippen molar-refractivity contribution in [2.45, 2.75) is 12.1 Å². The largest absolute Gasteiger partial charge is 0.347 e. The van der Waals surface area contributed by atoms with E-state index in [2.05, 4.69) is 0 Å². The summed E-state index contributed by atoms with van der Waals surface area (Å²) < 4.78 is 51.6. The summed E-state index contributed by atoms with van der Waals surface area (Å²) in [6.45, 7) is -0.0954. The molecule has 0 bridgehead atoms. The highest BCUT2D eigenvalue weighted by molar-refractivity contribution is 7.91. The van der Waals surface area contributed by atoms with Crippen LogP contribution in [0.4, 0.5) is 14.5 Å². The second-order valence-electron chi connectivity index (χ2n) is 6.38. The van der Waals surface area contributed by atoms with Crippen molar-refractivity contribution in [3.63, 3.8) is 0 Å². The summed E-state index contributed by atoms with van der Waals surface area (Å²) in [4.78, 5) is 16.4. The molecule has 1 amide bonds. The van der Waals surface area contributed by atoms with Gasteiger partial charge in [0, 0.05) is 20.2 Å². The number of carbonyl (C=O) groups is 1. The summed E-state index contributed by atoms with van der Waals surface area (Å²) in [5.41, 5.74) is 0.0123. The van der Waals surface area contributed by atoms with Crippen LogP contribution in [-0.4, -0.2) is 73.5 Å². The predicted octanol–water partition coefficient (Wildman–Crippen LogP) is 0.626. The summed E-state index contributed by atoms with van der Waals surface area (Å²) in [5, 5.41) is 0.172. The first-order valence-electron chi connectivity index (χ1n) is 7.56. The molecule has 0 spiro atoms. The minimum atomic E-state index is -3.34. The lowest BCUT2D eigenvalue weighted by molar-refractivity contribution is -0.129. The Kier molecular flexibility index (Phi) is 4.44. The molecule has 136 valence electrons. The zero-order chi connectivity index (χ0) is 18.5. The first-order valence-corrected chi connectivity index (χ1v) is 9.79. The number of hydrogen-bond donors (Lipinski definition) is 0. The minimum Gasteiger partial charge on any atom is -0.347 e. The van der Waals surface area contributed by atoms with E-state index in [4.69, 9.17) is 12.2 Å². The quantitative estimate of drug-likeness (QED) is 0.707. The standard InChI is InChI=1S/C15H17F2N3O3S2/c1-18(2)14(21)6-19-12-7-25(22,23)8-13(12)20(15(19)24)11-4-3-9(16)5-10(11)17/h3-5,12-13H,6-8H2,1-2H3. The fourth-order valence-electron chi connectivity index (χ4n) is 3.21. The molecule has 2 aliphatic heterocycles. The zero-order valence-electron chi connectivity index (χ0n) is 13.6. The van der Waals surface area contributed by atoms with E-state index in [1.807, 2.05) is 0 Å². The van der Waals surface area contributed by atoms with E-state index in [0.29, 0.717) is 0 Å². The molecule has 2 heterocycles. The Morgan fingerprint density at radius 3 is 2.52 bits per heavy atom. The van der Waals surface area contributed by atoms with E-state index in [1.54, 1.807) is 14.1 Å². The number of rotatable bonds is 3. The number of anilines is 1. The first-order chi connectivity index (χ1) is 11.6. The number of halogens is 2. The van der Waals surface area contributed by atoms with Crippen LogP contribution in [0.5, 0.6) is 0 Å². The van der Waals surface area contributed by atoms with Crippen LogP contribution in [-0.2, 0) is 14.6 Å². The Bertz CT molecular complexity index is 844. The molecule has 0 radical (unpaired) electrons. The lowest BCUT2D eigenvalue weighted by Crippen LogP contribution is -2.44. The molecule has 2 unspecified atom stereocenters. The molecule has 1 aromatic rings. The number of sulfone groups is 1. The number of amides is 1. The average molecular weight is 389 g/mol. The topological polar surface area (TPSA) is 60.9 Å². The predicted molar refractivity (Wildman–Crippen MR) is 93.1 cm³/mol. The number of hydrogen-bond acceptors (Lipinski definition) is 4. The van der Waals surface area contributed by atoms with Crippen LogP contribution in [0.1, 0.15) is 0 Å². The maximum Gasteiger partial charge on any atom is 0.241 e. The third-order valence-electron chi connectivity index (χ3n) is 4.45. The van der Waals surface area contributed by atoms with Crippen LogP contribution >= 0.6 is 12.2 Å². The van der Waals surface area contributed by atoms with Gasteiger partial charge in [0.15, 0.2) is 14.9 Å². The number of carbonyl (C=O) groups excluding carboxylic acids is 1. The molecule has 0 aromatic heterocycles. The Morgan fingerprint density at radius 2 is 1.92 bits per heavy atom. The van der Waals surface area contributed by atoms with E-state index < -0.39 is 33.6 Å². The van der Waals surface area contributed by atoms with Crippen LogP contribution in [0.2, 0.25) is 0 Å². The molecule has 0 aliphatic carbocycles. The smallest absolute Gasteiger partial charge is 0.241 e. The normalized spacial score (nSPS) is 24.6. The second kappa shape index (κ2) is 6.17. The monoisotopic (exact) mass is 389 g/mol. The van der Waals surface area contributed by atoms with Crippen molar-refractivity contribution in [2.75, 3.05) is 37.0 Å². The van der Waals surface area contributed by atoms with E-state index in [0.717, 1.165) is 12.1 Å². The van der Waals surface area contributed by atoms with E-state index in [9.17, 15) is 22.0 Å². The van der Waals surface area contributed by atoms with Gasteiger partial charge in [-0.1, -0.05) is 0 Å². The van der Waals surface area contributed by atoms with Gasteiger partial charge in [0.2, 0.25) is 5.91 Å². The van der Waals surface area contributed by atoms with Gasteiger partial charge in [-0.2, -0.15) is 0 Å². The number of likely N-dealkylation sites (N-methyl/N-ethyl adjacent to an activating group) is 1. The van der Waals surface area contributed by atoms with Crippen molar-refractivity contribution < 1.29 is 22.0 Å². The first kappa shape index (κ1) is 18.0. The number of nitrogens with zero attached hydrogens (tertiary/aromatic N) is 3. The number of benzene rings is 1. The Labute approximate surface area is 149 Å². The molecule has 2 atom stereocenters. The molecule has 3 rings (SSSR count). The Hall–Kier alpha value is -1.81. The molecular formula is C15H17F2N3O3S2. The zero-order valence-corrected chi connectivity index (χ0v) is 15.3. The molecule has 10 heteroatoms. The fraction of sp³-hybridized carbons (Fsp3) is 0.467. The van der Waals surface area contributed by atoms with Crippen molar-refractivity contribution in [1.82, 2.24) is 9.80 Å². The van der Waals surface area contributed by atoms with Gasteiger partial charge in [0.1, 0.15) is 11.6 Å². The molecule has 0 N–H and O–H groups in total. The van der Waals surface area contributed by atoms with Crippen molar-refractivity contribution in [3.8, 4) is 0 Å². The van der Waals surface area contributed by atoms with E-state index in [-0.39, 0.29) is 34.8 Å². The summed E-state index contributed by atoms with van der Waals surface area (Å²) in [5.74, 6) is -2.15. The van der Waals surface area contributed by atoms with Gasteiger partial charge in [0.25, 0.3) is 0 Å². The molecule has 2 saturated heterocycles. The Balaban J connectivity index is 2.01. The van der Waals surface area contributed by atoms with E-state index >= 15 is 0 Å². The van der Waals surface area contributed by atoms with Crippen molar-refractivity contribution in [2.24, 2.45) is 0 Å². The summed E-state index contributed by atoms with van der Waals surface area (Å²) in [7, 11) is -0.174. The third kappa shape index (κ3) is 3.20. The molecule has 6 nitrogen and oxygen atoms in total.